The van der Waals surface area contributed by atoms with Gasteiger partial charge in [-0.25, -0.2) is 8.42 Å². The maximum absolute atomic E-state index is 12.8. The van der Waals surface area contributed by atoms with E-state index in [1.807, 2.05) is 0 Å². The van der Waals surface area contributed by atoms with E-state index in [-0.39, 0.29) is 9.92 Å². The zero-order valence-electron chi connectivity index (χ0n) is 13.6. The van der Waals surface area contributed by atoms with E-state index in [1.165, 1.54) is 22.5 Å². The molecule has 0 bridgehead atoms. The molecule has 0 N–H and O–H groups in total. The lowest BCUT2D eigenvalue weighted by Crippen LogP contribution is -2.48. The van der Waals surface area contributed by atoms with Crippen molar-refractivity contribution in [2.45, 2.75) is 11.4 Å². The Labute approximate surface area is 173 Å². The van der Waals surface area contributed by atoms with Crippen molar-refractivity contribution in [1.29, 1.82) is 0 Å². The fourth-order valence-electron chi connectivity index (χ4n) is 2.82. The van der Waals surface area contributed by atoms with E-state index in [1.54, 1.807) is 18.2 Å². The van der Waals surface area contributed by atoms with E-state index in [4.69, 9.17) is 46.4 Å². The van der Waals surface area contributed by atoms with Crippen LogP contribution in [0.4, 0.5) is 0 Å². The van der Waals surface area contributed by atoms with Gasteiger partial charge >= 0.3 is 0 Å². The van der Waals surface area contributed by atoms with Crippen LogP contribution in [0.3, 0.4) is 0 Å². The Morgan fingerprint density at radius 3 is 2.00 bits per heavy atom. The molecule has 26 heavy (non-hydrogen) atoms. The standard InChI is InChI=1S/C17H16Cl4N2O2S/c18-14-2-1-3-15(19)13(14)11-22-6-8-23(9-7-22)26(24,25)12-4-5-16(20)17(21)10-12/h1-5,10H,6-9,11H2. The summed E-state index contributed by atoms with van der Waals surface area (Å²) in [5.41, 5.74) is 0.858. The highest BCUT2D eigenvalue weighted by molar-refractivity contribution is 7.89. The van der Waals surface area contributed by atoms with Gasteiger partial charge in [0.15, 0.2) is 0 Å². The molecular weight excluding hydrogens is 438 g/mol. The molecule has 2 aromatic rings. The first-order chi connectivity index (χ1) is 12.3. The summed E-state index contributed by atoms with van der Waals surface area (Å²) in [6.45, 7) is 2.51. The first-order valence-electron chi connectivity index (χ1n) is 7.89. The molecule has 4 nitrogen and oxygen atoms in total. The zero-order chi connectivity index (χ0) is 18.9. The van der Waals surface area contributed by atoms with Crippen LogP contribution >= 0.6 is 46.4 Å². The second-order valence-corrected chi connectivity index (χ2v) is 9.52. The van der Waals surface area contributed by atoms with Crippen LogP contribution in [-0.2, 0) is 16.6 Å². The van der Waals surface area contributed by atoms with Crippen molar-refractivity contribution >= 4 is 56.4 Å². The minimum Gasteiger partial charge on any atom is -0.296 e. The number of hydrogen-bond donors (Lipinski definition) is 0. The Morgan fingerprint density at radius 2 is 1.42 bits per heavy atom. The lowest BCUT2D eigenvalue weighted by molar-refractivity contribution is 0.181. The van der Waals surface area contributed by atoms with E-state index in [0.29, 0.717) is 47.8 Å². The van der Waals surface area contributed by atoms with Crippen LogP contribution < -0.4 is 0 Å². The molecule has 2 aromatic carbocycles. The number of piperazine rings is 1. The van der Waals surface area contributed by atoms with Crippen molar-refractivity contribution in [1.82, 2.24) is 9.21 Å². The van der Waals surface area contributed by atoms with Crippen molar-refractivity contribution in [3.05, 3.63) is 62.1 Å². The van der Waals surface area contributed by atoms with Gasteiger partial charge in [0.1, 0.15) is 0 Å². The predicted octanol–water partition coefficient (Wildman–Crippen LogP) is 4.81. The molecule has 1 saturated heterocycles. The molecular formula is C17H16Cl4N2O2S. The van der Waals surface area contributed by atoms with Gasteiger partial charge in [-0.15, -0.1) is 0 Å². The van der Waals surface area contributed by atoms with Gasteiger partial charge in [0.2, 0.25) is 10.0 Å². The summed E-state index contributed by atoms with van der Waals surface area (Å²) in [7, 11) is -3.60. The van der Waals surface area contributed by atoms with E-state index in [0.717, 1.165) is 5.56 Å². The third-order valence-electron chi connectivity index (χ3n) is 4.30. The molecule has 1 aliphatic rings. The largest absolute Gasteiger partial charge is 0.296 e. The topological polar surface area (TPSA) is 40.6 Å². The quantitative estimate of drug-likeness (QED) is 0.667. The summed E-state index contributed by atoms with van der Waals surface area (Å²) >= 11 is 24.3. The second kappa shape index (κ2) is 8.23. The van der Waals surface area contributed by atoms with Crippen LogP contribution in [0.5, 0.6) is 0 Å². The molecule has 140 valence electrons. The molecule has 0 saturated carbocycles. The van der Waals surface area contributed by atoms with Gasteiger partial charge in [-0.2, -0.15) is 4.31 Å². The fraction of sp³-hybridized carbons (Fsp3) is 0.294. The maximum Gasteiger partial charge on any atom is 0.243 e. The van der Waals surface area contributed by atoms with Crippen LogP contribution in [0.25, 0.3) is 0 Å². The number of halogens is 4. The predicted molar refractivity (Wildman–Crippen MR) is 107 cm³/mol. The van der Waals surface area contributed by atoms with E-state index < -0.39 is 10.0 Å². The van der Waals surface area contributed by atoms with Gasteiger partial charge in [-0.1, -0.05) is 52.5 Å². The van der Waals surface area contributed by atoms with Crippen LogP contribution in [0, 0.1) is 0 Å². The van der Waals surface area contributed by atoms with E-state index in [2.05, 4.69) is 4.90 Å². The molecule has 0 atom stereocenters. The monoisotopic (exact) mass is 452 g/mol. The van der Waals surface area contributed by atoms with Crippen molar-refractivity contribution in [2.24, 2.45) is 0 Å². The van der Waals surface area contributed by atoms with Gasteiger partial charge in [-0.3, -0.25) is 4.90 Å². The number of rotatable bonds is 4. The number of hydrogen-bond acceptors (Lipinski definition) is 3. The van der Waals surface area contributed by atoms with Gasteiger partial charge in [0.25, 0.3) is 0 Å². The Morgan fingerprint density at radius 1 is 0.808 bits per heavy atom. The van der Waals surface area contributed by atoms with Crippen LogP contribution in [0.2, 0.25) is 20.1 Å². The highest BCUT2D eigenvalue weighted by atomic mass is 35.5. The van der Waals surface area contributed by atoms with Crippen molar-refractivity contribution in [3.63, 3.8) is 0 Å². The lowest BCUT2D eigenvalue weighted by Gasteiger charge is -2.34. The summed E-state index contributed by atoms with van der Waals surface area (Å²) in [5, 5.41) is 1.78. The number of benzene rings is 2. The fourth-order valence-corrected chi connectivity index (χ4v) is 5.15. The minimum atomic E-state index is -3.60. The zero-order valence-corrected chi connectivity index (χ0v) is 17.5. The normalized spacial score (nSPS) is 16.8. The summed E-state index contributed by atoms with van der Waals surface area (Å²) in [5.74, 6) is 0. The third kappa shape index (κ3) is 4.30. The molecule has 0 spiro atoms. The van der Waals surface area contributed by atoms with Gasteiger partial charge in [0.05, 0.1) is 14.9 Å². The summed E-state index contributed by atoms with van der Waals surface area (Å²) in [6.07, 6.45) is 0. The summed E-state index contributed by atoms with van der Waals surface area (Å²) in [6, 6.07) is 9.75. The molecule has 0 aromatic heterocycles. The molecule has 0 aliphatic carbocycles. The molecule has 9 heteroatoms. The SMILES string of the molecule is O=S(=O)(c1ccc(Cl)c(Cl)c1)N1CCN(Cc2c(Cl)cccc2Cl)CC1. The van der Waals surface area contributed by atoms with Gasteiger partial charge in [-0.05, 0) is 30.3 Å². The Hall–Kier alpha value is -0.530. The number of sulfonamides is 1. The summed E-state index contributed by atoms with van der Waals surface area (Å²) < 4.78 is 27.0. The highest BCUT2D eigenvalue weighted by Crippen LogP contribution is 2.28. The molecule has 1 aliphatic heterocycles. The van der Waals surface area contributed by atoms with Gasteiger partial charge < -0.3 is 0 Å². The smallest absolute Gasteiger partial charge is 0.243 e. The summed E-state index contributed by atoms with van der Waals surface area (Å²) in [4.78, 5) is 2.28. The van der Waals surface area contributed by atoms with Crippen molar-refractivity contribution < 1.29 is 8.42 Å². The highest BCUT2D eigenvalue weighted by Gasteiger charge is 2.29. The first kappa shape index (κ1) is 20.2. The van der Waals surface area contributed by atoms with Gasteiger partial charge in [0, 0.05) is 48.3 Å². The third-order valence-corrected chi connectivity index (χ3v) is 7.65. The Kier molecular flexibility index (Phi) is 6.40. The Balaban J connectivity index is 1.69. The average molecular weight is 454 g/mol. The van der Waals surface area contributed by atoms with Crippen LogP contribution in [-0.4, -0.2) is 43.8 Å². The molecule has 1 heterocycles. The first-order valence-corrected chi connectivity index (χ1v) is 10.8. The Bertz CT molecular complexity index is 893. The average Bonchev–Trinajstić information content (AvgIpc) is 2.61. The van der Waals surface area contributed by atoms with Crippen molar-refractivity contribution in [3.8, 4) is 0 Å². The van der Waals surface area contributed by atoms with E-state index >= 15 is 0 Å². The number of nitrogens with zero attached hydrogens (tertiary/aromatic N) is 2. The molecule has 1 fully saturated rings. The second-order valence-electron chi connectivity index (χ2n) is 5.96. The molecule has 3 rings (SSSR count). The maximum atomic E-state index is 12.8. The van der Waals surface area contributed by atoms with E-state index in [9.17, 15) is 8.42 Å². The lowest BCUT2D eigenvalue weighted by atomic mass is 10.2. The molecule has 0 amide bonds. The molecule has 0 unspecified atom stereocenters. The van der Waals surface area contributed by atoms with Crippen LogP contribution in [0.15, 0.2) is 41.3 Å². The minimum absolute atomic E-state index is 0.148. The van der Waals surface area contributed by atoms with Crippen LogP contribution in [0.1, 0.15) is 5.56 Å². The van der Waals surface area contributed by atoms with Crippen molar-refractivity contribution in [2.75, 3.05) is 26.2 Å². The molecule has 0 radical (unpaired) electrons.